The zero-order valence-corrected chi connectivity index (χ0v) is 10.4. The topological polar surface area (TPSA) is 35.8 Å². The van der Waals surface area contributed by atoms with Gasteiger partial charge in [-0.05, 0) is 49.7 Å². The summed E-state index contributed by atoms with van der Waals surface area (Å²) in [5, 5.41) is 13.3. The average Bonchev–Trinajstić information content (AvgIpc) is 3.18. The maximum absolute atomic E-state index is 9.12. The number of nitriles is 1. The minimum atomic E-state index is 0.530. The van der Waals surface area contributed by atoms with E-state index >= 15 is 0 Å². The smallest absolute Gasteiger partial charge is 0.101 e. The first kappa shape index (κ1) is 10.9. The van der Waals surface area contributed by atoms with Gasteiger partial charge < -0.3 is 5.32 Å². The van der Waals surface area contributed by atoms with Crippen molar-refractivity contribution < 1.29 is 0 Å². The van der Waals surface area contributed by atoms with Gasteiger partial charge in [0.05, 0.1) is 16.3 Å². The van der Waals surface area contributed by atoms with E-state index in [2.05, 4.69) is 11.4 Å². The largest absolute Gasteiger partial charge is 0.379 e. The van der Waals surface area contributed by atoms with Crippen molar-refractivity contribution in [2.75, 3.05) is 5.32 Å². The average molecular weight is 247 g/mol. The van der Waals surface area contributed by atoms with Gasteiger partial charge in [0.15, 0.2) is 0 Å². The van der Waals surface area contributed by atoms with E-state index in [0.29, 0.717) is 16.6 Å². The summed E-state index contributed by atoms with van der Waals surface area (Å²) in [5.41, 5.74) is 1.49. The Morgan fingerprint density at radius 1 is 1.24 bits per heavy atom. The first-order chi connectivity index (χ1) is 8.29. The van der Waals surface area contributed by atoms with Crippen molar-refractivity contribution in [1.82, 2.24) is 0 Å². The molecule has 3 rings (SSSR count). The Labute approximate surface area is 107 Å². The zero-order chi connectivity index (χ0) is 11.8. The Morgan fingerprint density at radius 3 is 2.41 bits per heavy atom. The van der Waals surface area contributed by atoms with Crippen LogP contribution in [0.2, 0.25) is 5.02 Å². The van der Waals surface area contributed by atoms with Crippen LogP contribution in [0.1, 0.15) is 31.2 Å². The molecule has 2 nitrogen and oxygen atoms in total. The van der Waals surface area contributed by atoms with E-state index in [-0.39, 0.29) is 0 Å². The minimum Gasteiger partial charge on any atom is -0.379 e. The fourth-order valence-electron chi connectivity index (χ4n) is 2.46. The lowest BCUT2D eigenvalue weighted by Gasteiger charge is -2.20. The highest BCUT2D eigenvalue weighted by Gasteiger charge is 2.41. The molecular weight excluding hydrogens is 232 g/mol. The molecule has 2 aliphatic carbocycles. The number of hydrogen-bond acceptors (Lipinski definition) is 2. The predicted molar refractivity (Wildman–Crippen MR) is 69.0 cm³/mol. The maximum Gasteiger partial charge on any atom is 0.101 e. The van der Waals surface area contributed by atoms with Crippen LogP contribution in [0.3, 0.4) is 0 Å². The van der Waals surface area contributed by atoms with E-state index in [9.17, 15) is 0 Å². The van der Waals surface area contributed by atoms with Gasteiger partial charge in [0.1, 0.15) is 6.07 Å². The molecule has 2 saturated carbocycles. The van der Waals surface area contributed by atoms with Gasteiger partial charge >= 0.3 is 0 Å². The lowest BCUT2D eigenvalue weighted by molar-refractivity contribution is 0.567. The number of halogens is 1. The molecule has 0 bridgehead atoms. The van der Waals surface area contributed by atoms with Crippen LogP contribution in [0, 0.1) is 23.2 Å². The third-order valence-corrected chi connectivity index (χ3v) is 4.02. The molecule has 0 aromatic heterocycles. The van der Waals surface area contributed by atoms with Gasteiger partial charge in [-0.2, -0.15) is 5.26 Å². The molecule has 88 valence electrons. The van der Waals surface area contributed by atoms with Crippen molar-refractivity contribution in [3.63, 3.8) is 0 Å². The van der Waals surface area contributed by atoms with Crippen molar-refractivity contribution in [2.24, 2.45) is 11.8 Å². The second-order valence-corrected chi connectivity index (χ2v) is 5.53. The van der Waals surface area contributed by atoms with Crippen LogP contribution in [-0.2, 0) is 0 Å². The number of benzene rings is 1. The van der Waals surface area contributed by atoms with Crippen molar-refractivity contribution in [3.05, 3.63) is 28.8 Å². The second-order valence-electron chi connectivity index (χ2n) is 5.12. The summed E-state index contributed by atoms with van der Waals surface area (Å²) in [4.78, 5) is 0. The van der Waals surface area contributed by atoms with E-state index in [1.54, 1.807) is 0 Å². The molecule has 0 radical (unpaired) electrons. The molecule has 0 amide bonds. The molecule has 0 aliphatic heterocycles. The molecule has 1 N–H and O–H groups in total. The van der Waals surface area contributed by atoms with E-state index in [1.807, 2.05) is 18.2 Å². The summed E-state index contributed by atoms with van der Waals surface area (Å²) in [6.07, 6.45) is 5.28. The molecule has 2 aliphatic rings. The van der Waals surface area contributed by atoms with Crippen molar-refractivity contribution in [2.45, 2.75) is 31.7 Å². The van der Waals surface area contributed by atoms with Gasteiger partial charge in [0, 0.05) is 6.04 Å². The Bertz CT molecular complexity index is 458. The summed E-state index contributed by atoms with van der Waals surface area (Å²) >= 11 is 6.19. The summed E-state index contributed by atoms with van der Waals surface area (Å²) in [7, 11) is 0. The van der Waals surface area contributed by atoms with Crippen LogP contribution >= 0.6 is 11.6 Å². The molecule has 0 spiro atoms. The Kier molecular flexibility index (Phi) is 2.72. The highest BCUT2D eigenvalue weighted by atomic mass is 35.5. The summed E-state index contributed by atoms with van der Waals surface area (Å²) in [5.74, 6) is 1.59. The van der Waals surface area contributed by atoms with E-state index in [4.69, 9.17) is 16.9 Å². The third kappa shape index (κ3) is 2.25. The number of anilines is 1. The van der Waals surface area contributed by atoms with Crippen LogP contribution < -0.4 is 5.32 Å². The van der Waals surface area contributed by atoms with Crippen LogP contribution in [0.15, 0.2) is 18.2 Å². The number of nitrogens with zero attached hydrogens (tertiary/aromatic N) is 1. The van der Waals surface area contributed by atoms with Crippen molar-refractivity contribution >= 4 is 17.3 Å². The van der Waals surface area contributed by atoms with Crippen molar-refractivity contribution in [3.8, 4) is 6.07 Å². The predicted octanol–water partition coefficient (Wildman–Crippen LogP) is 3.81. The van der Waals surface area contributed by atoms with E-state index in [0.717, 1.165) is 17.5 Å². The van der Waals surface area contributed by atoms with Crippen LogP contribution in [0.25, 0.3) is 0 Å². The SMILES string of the molecule is N#Cc1cccc(Cl)c1NC(C1CC1)C1CC1. The third-order valence-electron chi connectivity index (χ3n) is 3.70. The zero-order valence-electron chi connectivity index (χ0n) is 9.62. The standard InChI is InChI=1S/C14H15ClN2/c15-12-3-1-2-11(8-16)14(12)17-13(9-4-5-9)10-6-7-10/h1-3,9-10,13,17H,4-7H2. The summed E-state index contributed by atoms with van der Waals surface area (Å²) in [6.45, 7) is 0. The van der Waals surface area contributed by atoms with Crippen molar-refractivity contribution in [1.29, 1.82) is 5.26 Å². The fourth-order valence-corrected chi connectivity index (χ4v) is 2.69. The minimum absolute atomic E-state index is 0.530. The number of hydrogen-bond donors (Lipinski definition) is 1. The monoisotopic (exact) mass is 246 g/mol. The lowest BCUT2D eigenvalue weighted by atomic mass is 10.1. The molecule has 2 fully saturated rings. The molecule has 1 aromatic rings. The van der Waals surface area contributed by atoms with Crippen LogP contribution in [0.4, 0.5) is 5.69 Å². The van der Waals surface area contributed by atoms with E-state index in [1.165, 1.54) is 25.7 Å². The molecule has 0 heterocycles. The molecule has 17 heavy (non-hydrogen) atoms. The van der Waals surface area contributed by atoms with Gasteiger partial charge in [-0.1, -0.05) is 17.7 Å². The highest BCUT2D eigenvalue weighted by molar-refractivity contribution is 6.33. The Hall–Kier alpha value is -1.20. The Balaban J connectivity index is 1.85. The second kappa shape index (κ2) is 4.23. The molecule has 0 atom stereocenters. The summed E-state index contributed by atoms with van der Waals surface area (Å²) < 4.78 is 0. The molecule has 0 saturated heterocycles. The van der Waals surface area contributed by atoms with Gasteiger partial charge in [-0.15, -0.1) is 0 Å². The Morgan fingerprint density at radius 2 is 1.88 bits per heavy atom. The van der Waals surface area contributed by atoms with E-state index < -0.39 is 0 Å². The number of nitrogens with one attached hydrogen (secondary N) is 1. The maximum atomic E-state index is 9.12. The van der Waals surface area contributed by atoms with Crippen LogP contribution in [-0.4, -0.2) is 6.04 Å². The van der Waals surface area contributed by atoms with Gasteiger partial charge in [0.25, 0.3) is 0 Å². The highest BCUT2D eigenvalue weighted by Crippen LogP contribution is 2.46. The molecule has 0 unspecified atom stereocenters. The number of rotatable bonds is 4. The molecule has 1 aromatic carbocycles. The number of para-hydroxylation sites is 1. The fraction of sp³-hybridized carbons (Fsp3) is 0.500. The molecule has 3 heteroatoms. The quantitative estimate of drug-likeness (QED) is 0.877. The normalized spacial score (nSPS) is 19.1. The van der Waals surface area contributed by atoms with Crippen LogP contribution in [0.5, 0.6) is 0 Å². The first-order valence-electron chi connectivity index (χ1n) is 6.24. The van der Waals surface area contributed by atoms with Gasteiger partial charge in [-0.25, -0.2) is 0 Å². The summed E-state index contributed by atoms with van der Waals surface area (Å²) in [6, 6.07) is 8.25. The lowest BCUT2D eigenvalue weighted by Crippen LogP contribution is -2.24. The molecular formula is C14H15ClN2. The van der Waals surface area contributed by atoms with Gasteiger partial charge in [0.2, 0.25) is 0 Å². The first-order valence-corrected chi connectivity index (χ1v) is 6.62. The van der Waals surface area contributed by atoms with Gasteiger partial charge in [-0.3, -0.25) is 0 Å².